The fourth-order valence-electron chi connectivity index (χ4n) is 4.31. The SMILES string of the molecule is CCNC(=NCC1(C(=O)N(C)C)CCCC1)N1CCC(OCCCOC)CC1.I. The third kappa shape index (κ3) is 7.86. The molecule has 2 aliphatic rings. The maximum absolute atomic E-state index is 12.8. The molecule has 0 radical (unpaired) electrons. The summed E-state index contributed by atoms with van der Waals surface area (Å²) in [5, 5.41) is 3.43. The Bertz CT molecular complexity index is 502. The highest BCUT2D eigenvalue weighted by Gasteiger charge is 2.42. The normalized spacial score (nSPS) is 19.7. The Kier molecular flexibility index (Phi) is 12.4. The zero-order chi connectivity index (χ0) is 20.4. The summed E-state index contributed by atoms with van der Waals surface area (Å²) in [5.41, 5.74) is -0.313. The number of carbonyl (C=O) groups excluding carboxylic acids is 1. The molecule has 0 bridgehead atoms. The molecule has 0 aromatic heterocycles. The van der Waals surface area contributed by atoms with Crippen molar-refractivity contribution >= 4 is 35.8 Å². The predicted octanol–water partition coefficient (Wildman–Crippen LogP) is 2.74. The van der Waals surface area contributed by atoms with Crippen LogP contribution in [0.4, 0.5) is 0 Å². The zero-order valence-electron chi connectivity index (χ0n) is 18.7. The van der Waals surface area contributed by atoms with Gasteiger partial charge in [0.1, 0.15) is 0 Å². The number of aliphatic imine (C=N–C) groups is 1. The number of methoxy groups -OCH3 is 1. The molecule has 1 saturated heterocycles. The second kappa shape index (κ2) is 13.6. The second-order valence-electron chi connectivity index (χ2n) is 8.26. The lowest BCUT2D eigenvalue weighted by Gasteiger charge is -2.35. The van der Waals surface area contributed by atoms with Gasteiger partial charge in [0.05, 0.1) is 18.1 Å². The van der Waals surface area contributed by atoms with Crippen molar-refractivity contribution in [1.82, 2.24) is 15.1 Å². The van der Waals surface area contributed by atoms with Crippen LogP contribution in [0, 0.1) is 5.41 Å². The number of piperidine rings is 1. The van der Waals surface area contributed by atoms with Gasteiger partial charge in [-0.25, -0.2) is 0 Å². The van der Waals surface area contributed by atoms with E-state index in [1.165, 1.54) is 0 Å². The fraction of sp³-hybridized carbons (Fsp3) is 0.905. The minimum atomic E-state index is -0.313. The van der Waals surface area contributed by atoms with Gasteiger partial charge < -0.3 is 24.6 Å². The van der Waals surface area contributed by atoms with E-state index < -0.39 is 0 Å². The number of nitrogens with zero attached hydrogens (tertiary/aromatic N) is 3. The lowest BCUT2D eigenvalue weighted by molar-refractivity contribution is -0.138. The van der Waals surface area contributed by atoms with E-state index in [0.717, 1.165) is 83.8 Å². The van der Waals surface area contributed by atoms with Crippen LogP contribution in [0.5, 0.6) is 0 Å². The van der Waals surface area contributed by atoms with E-state index in [1.54, 1.807) is 12.0 Å². The van der Waals surface area contributed by atoms with Gasteiger partial charge in [-0.05, 0) is 39.0 Å². The molecule has 0 aromatic rings. The molecular weight excluding hydrogens is 483 g/mol. The summed E-state index contributed by atoms with van der Waals surface area (Å²) in [5.74, 6) is 1.17. The third-order valence-electron chi connectivity index (χ3n) is 5.87. The number of guanidine groups is 1. The van der Waals surface area contributed by atoms with Crippen molar-refractivity contribution in [2.45, 2.75) is 58.0 Å². The van der Waals surface area contributed by atoms with Gasteiger partial charge in [0.15, 0.2) is 5.96 Å². The van der Waals surface area contributed by atoms with Crippen molar-refractivity contribution in [3.05, 3.63) is 0 Å². The van der Waals surface area contributed by atoms with Crippen molar-refractivity contribution in [2.24, 2.45) is 10.4 Å². The molecule has 29 heavy (non-hydrogen) atoms. The number of likely N-dealkylation sites (tertiary alicyclic amines) is 1. The molecule has 1 heterocycles. The summed E-state index contributed by atoms with van der Waals surface area (Å²) < 4.78 is 11.0. The highest BCUT2D eigenvalue weighted by Crippen LogP contribution is 2.39. The first-order valence-electron chi connectivity index (χ1n) is 10.9. The molecule has 2 fully saturated rings. The Labute approximate surface area is 194 Å². The van der Waals surface area contributed by atoms with Crippen molar-refractivity contribution in [1.29, 1.82) is 0 Å². The van der Waals surface area contributed by atoms with Crippen LogP contribution in [-0.4, -0.2) is 88.4 Å². The molecule has 0 spiro atoms. The molecular formula is C21H41IN4O3. The predicted molar refractivity (Wildman–Crippen MR) is 128 cm³/mol. The lowest BCUT2D eigenvalue weighted by atomic mass is 9.85. The first kappa shape index (κ1) is 26.4. The number of amides is 1. The van der Waals surface area contributed by atoms with Crippen LogP contribution in [0.25, 0.3) is 0 Å². The third-order valence-corrected chi connectivity index (χ3v) is 5.87. The van der Waals surface area contributed by atoms with Crippen LogP contribution >= 0.6 is 24.0 Å². The number of nitrogens with one attached hydrogen (secondary N) is 1. The van der Waals surface area contributed by atoms with Crippen molar-refractivity contribution in [2.75, 3.05) is 60.6 Å². The minimum absolute atomic E-state index is 0. The van der Waals surface area contributed by atoms with Gasteiger partial charge in [-0.2, -0.15) is 0 Å². The van der Waals surface area contributed by atoms with Gasteiger partial charge in [-0.15, -0.1) is 24.0 Å². The quantitative estimate of drug-likeness (QED) is 0.218. The van der Waals surface area contributed by atoms with E-state index in [-0.39, 0.29) is 35.3 Å². The molecule has 0 atom stereocenters. The number of hydrogen-bond acceptors (Lipinski definition) is 4. The number of halogens is 1. The molecule has 1 aliphatic carbocycles. The highest BCUT2D eigenvalue weighted by atomic mass is 127. The molecule has 1 N–H and O–H groups in total. The molecule has 7 nitrogen and oxygen atoms in total. The van der Waals surface area contributed by atoms with Crippen molar-refractivity contribution in [3.8, 4) is 0 Å². The van der Waals surface area contributed by atoms with Crippen LogP contribution in [0.2, 0.25) is 0 Å². The van der Waals surface area contributed by atoms with Gasteiger partial charge in [0, 0.05) is 54.1 Å². The first-order valence-corrected chi connectivity index (χ1v) is 10.9. The van der Waals surface area contributed by atoms with Crippen molar-refractivity contribution < 1.29 is 14.3 Å². The molecule has 170 valence electrons. The zero-order valence-corrected chi connectivity index (χ0v) is 21.1. The van der Waals surface area contributed by atoms with E-state index in [9.17, 15) is 4.79 Å². The Morgan fingerprint density at radius 3 is 2.41 bits per heavy atom. The van der Waals surface area contributed by atoms with Crippen LogP contribution in [0.3, 0.4) is 0 Å². The smallest absolute Gasteiger partial charge is 0.230 e. The average Bonchev–Trinajstić information content (AvgIpc) is 3.18. The molecule has 1 aliphatic heterocycles. The second-order valence-corrected chi connectivity index (χ2v) is 8.26. The maximum Gasteiger partial charge on any atom is 0.230 e. The number of rotatable bonds is 9. The number of carbonyl (C=O) groups is 1. The van der Waals surface area contributed by atoms with E-state index in [2.05, 4.69) is 17.1 Å². The summed E-state index contributed by atoms with van der Waals surface area (Å²) in [4.78, 5) is 21.8. The molecule has 1 saturated carbocycles. The summed E-state index contributed by atoms with van der Waals surface area (Å²) in [7, 11) is 5.44. The van der Waals surface area contributed by atoms with Crippen LogP contribution in [0.1, 0.15) is 51.9 Å². The molecule has 8 heteroatoms. The Balaban J connectivity index is 0.00000420. The summed E-state index contributed by atoms with van der Waals surface area (Å²) in [6.45, 7) is 6.91. The minimum Gasteiger partial charge on any atom is -0.385 e. The number of hydrogen-bond donors (Lipinski definition) is 1. The van der Waals surface area contributed by atoms with Crippen LogP contribution < -0.4 is 5.32 Å². The van der Waals surface area contributed by atoms with E-state index in [4.69, 9.17) is 14.5 Å². The Morgan fingerprint density at radius 1 is 1.21 bits per heavy atom. The molecule has 2 rings (SSSR count). The summed E-state index contributed by atoms with van der Waals surface area (Å²) >= 11 is 0. The molecule has 1 amide bonds. The number of ether oxygens (including phenoxy) is 2. The molecule has 0 aromatic carbocycles. The van der Waals surface area contributed by atoms with Gasteiger partial charge in [-0.1, -0.05) is 12.8 Å². The van der Waals surface area contributed by atoms with Gasteiger partial charge >= 0.3 is 0 Å². The van der Waals surface area contributed by atoms with Gasteiger partial charge in [0.25, 0.3) is 0 Å². The molecule has 0 unspecified atom stereocenters. The van der Waals surface area contributed by atoms with Crippen molar-refractivity contribution in [3.63, 3.8) is 0 Å². The van der Waals surface area contributed by atoms with E-state index in [1.807, 2.05) is 14.1 Å². The highest BCUT2D eigenvalue weighted by molar-refractivity contribution is 14.0. The monoisotopic (exact) mass is 524 g/mol. The maximum atomic E-state index is 12.8. The average molecular weight is 524 g/mol. The summed E-state index contributed by atoms with van der Waals surface area (Å²) in [6, 6.07) is 0. The largest absolute Gasteiger partial charge is 0.385 e. The topological polar surface area (TPSA) is 66.4 Å². The Hall–Kier alpha value is -0.610. The standard InChI is InChI=1S/C21H40N4O3.HI/c1-5-22-20(23-17-21(11-6-7-12-21)19(26)24(2)3)25-13-9-18(10-14-25)28-16-8-15-27-4;/h18H,5-17H2,1-4H3,(H,22,23);1H. The lowest BCUT2D eigenvalue weighted by Crippen LogP contribution is -2.48. The Morgan fingerprint density at radius 2 is 1.86 bits per heavy atom. The fourth-order valence-corrected chi connectivity index (χ4v) is 4.31. The van der Waals surface area contributed by atoms with Gasteiger partial charge in [-0.3, -0.25) is 9.79 Å². The summed E-state index contributed by atoms with van der Waals surface area (Å²) in [6.07, 6.45) is 7.44. The van der Waals surface area contributed by atoms with Crippen LogP contribution in [0.15, 0.2) is 4.99 Å². The van der Waals surface area contributed by atoms with Crippen LogP contribution in [-0.2, 0) is 14.3 Å². The van der Waals surface area contributed by atoms with E-state index >= 15 is 0 Å². The first-order chi connectivity index (χ1) is 13.5. The van der Waals surface area contributed by atoms with E-state index in [0.29, 0.717) is 12.6 Å². The van der Waals surface area contributed by atoms with Gasteiger partial charge in [0.2, 0.25) is 5.91 Å².